The van der Waals surface area contributed by atoms with Gasteiger partial charge >= 0.3 is 0 Å². The van der Waals surface area contributed by atoms with Gasteiger partial charge in [-0.25, -0.2) is 8.42 Å². The van der Waals surface area contributed by atoms with E-state index >= 15 is 0 Å². The minimum absolute atomic E-state index is 0.0510. The van der Waals surface area contributed by atoms with E-state index in [2.05, 4.69) is 39.4 Å². The molecular weight excluding hydrogens is 448 g/mol. The molecule has 0 radical (unpaired) electrons. The molecule has 0 unspecified atom stereocenters. The fourth-order valence-electron chi connectivity index (χ4n) is 4.71. The van der Waals surface area contributed by atoms with Crippen LogP contribution in [0.2, 0.25) is 0 Å². The fraction of sp³-hybridized carbons (Fsp3) is 0.500. The number of sulfonamides is 1. The molecule has 0 aromatic heterocycles. The smallest absolute Gasteiger partial charge is 0.243 e. The summed E-state index contributed by atoms with van der Waals surface area (Å²) in [6.07, 6.45) is 1.13. The molecule has 2 aliphatic heterocycles. The first-order valence-corrected chi connectivity index (χ1v) is 13.7. The third-order valence-electron chi connectivity index (χ3n) is 6.92. The van der Waals surface area contributed by atoms with Crippen LogP contribution in [0.1, 0.15) is 24.0 Å². The molecule has 1 N–H and O–H groups in total. The van der Waals surface area contributed by atoms with E-state index in [-0.39, 0.29) is 11.8 Å². The van der Waals surface area contributed by atoms with Crippen molar-refractivity contribution >= 4 is 15.9 Å². The Morgan fingerprint density at radius 1 is 0.882 bits per heavy atom. The largest absolute Gasteiger partial charge is 0.355 e. The lowest BCUT2D eigenvalue weighted by Gasteiger charge is -2.35. The normalized spacial score (nSPS) is 19.2. The molecule has 0 spiro atoms. The van der Waals surface area contributed by atoms with Gasteiger partial charge in [0.15, 0.2) is 0 Å². The van der Waals surface area contributed by atoms with Crippen LogP contribution in [0.25, 0.3) is 0 Å². The second kappa shape index (κ2) is 11.4. The number of aryl methyl sites for hydroxylation is 1. The predicted octanol–water partition coefficient (Wildman–Crippen LogP) is 2.33. The standard InChI is InChI=1S/C26H36N4O3S/c1-22-7-9-25(10-8-22)34(32,33)30-14-11-24(12-15-30)26(31)27-13-16-28-17-19-29(20-18-28)21-23-5-3-2-4-6-23/h2-10,24H,11-21H2,1H3,(H,27,31). The summed E-state index contributed by atoms with van der Waals surface area (Å²) in [4.78, 5) is 17.9. The van der Waals surface area contributed by atoms with Crippen molar-refractivity contribution < 1.29 is 13.2 Å². The maximum absolute atomic E-state index is 12.9. The van der Waals surface area contributed by atoms with Crippen molar-refractivity contribution in [3.05, 3.63) is 65.7 Å². The minimum atomic E-state index is -3.49. The highest BCUT2D eigenvalue weighted by Crippen LogP contribution is 2.24. The Morgan fingerprint density at radius 3 is 2.15 bits per heavy atom. The zero-order valence-corrected chi connectivity index (χ0v) is 20.8. The first kappa shape index (κ1) is 24.9. The van der Waals surface area contributed by atoms with E-state index < -0.39 is 10.0 Å². The van der Waals surface area contributed by atoms with Crippen LogP contribution in [0.5, 0.6) is 0 Å². The molecule has 8 heteroatoms. The monoisotopic (exact) mass is 484 g/mol. The van der Waals surface area contributed by atoms with Crippen LogP contribution in [0.15, 0.2) is 59.5 Å². The molecule has 0 aliphatic carbocycles. The van der Waals surface area contributed by atoms with Crippen molar-refractivity contribution in [2.75, 3.05) is 52.4 Å². The third-order valence-corrected chi connectivity index (χ3v) is 8.84. The van der Waals surface area contributed by atoms with E-state index in [1.54, 1.807) is 12.1 Å². The van der Waals surface area contributed by atoms with Gasteiger partial charge in [0.1, 0.15) is 0 Å². The van der Waals surface area contributed by atoms with Gasteiger partial charge in [0.2, 0.25) is 15.9 Å². The highest BCUT2D eigenvalue weighted by molar-refractivity contribution is 7.89. The molecule has 184 valence electrons. The first-order chi connectivity index (χ1) is 16.4. The molecule has 1 amide bonds. The predicted molar refractivity (Wildman–Crippen MR) is 134 cm³/mol. The van der Waals surface area contributed by atoms with E-state index in [0.29, 0.717) is 37.4 Å². The van der Waals surface area contributed by atoms with Gasteiger partial charge in [-0.05, 0) is 37.5 Å². The first-order valence-electron chi connectivity index (χ1n) is 12.2. The lowest BCUT2D eigenvalue weighted by molar-refractivity contribution is -0.126. The van der Waals surface area contributed by atoms with E-state index in [9.17, 15) is 13.2 Å². The van der Waals surface area contributed by atoms with Gasteiger partial charge < -0.3 is 5.32 Å². The lowest BCUT2D eigenvalue weighted by Crippen LogP contribution is -2.48. The second-order valence-corrected chi connectivity index (χ2v) is 11.3. The third kappa shape index (κ3) is 6.44. The van der Waals surface area contributed by atoms with E-state index in [1.165, 1.54) is 9.87 Å². The van der Waals surface area contributed by atoms with Crippen LogP contribution in [0.3, 0.4) is 0 Å². The lowest BCUT2D eigenvalue weighted by atomic mass is 9.97. The number of amides is 1. The molecule has 4 rings (SSSR count). The summed E-state index contributed by atoms with van der Waals surface area (Å²) in [5.41, 5.74) is 2.38. The number of nitrogens with one attached hydrogen (secondary N) is 1. The Kier molecular flexibility index (Phi) is 8.37. The van der Waals surface area contributed by atoms with Gasteiger partial charge in [-0.2, -0.15) is 4.31 Å². The van der Waals surface area contributed by atoms with E-state index in [1.807, 2.05) is 25.1 Å². The van der Waals surface area contributed by atoms with Crippen LogP contribution < -0.4 is 5.32 Å². The van der Waals surface area contributed by atoms with Gasteiger partial charge in [0.25, 0.3) is 0 Å². The molecular formula is C26H36N4O3S. The number of benzene rings is 2. The number of hydrogen-bond acceptors (Lipinski definition) is 5. The molecule has 0 bridgehead atoms. The molecule has 2 heterocycles. The molecule has 2 saturated heterocycles. The van der Waals surface area contributed by atoms with Gasteiger partial charge in [-0.15, -0.1) is 0 Å². The number of piperidine rings is 1. The highest BCUT2D eigenvalue weighted by Gasteiger charge is 2.32. The number of hydrogen-bond donors (Lipinski definition) is 1. The summed E-state index contributed by atoms with van der Waals surface area (Å²) < 4.78 is 27.2. The average molecular weight is 485 g/mol. The molecule has 0 atom stereocenters. The summed E-state index contributed by atoms with van der Waals surface area (Å²) in [6, 6.07) is 17.5. The number of nitrogens with zero attached hydrogens (tertiary/aromatic N) is 3. The number of carbonyl (C=O) groups excluding carboxylic acids is 1. The van der Waals surface area contributed by atoms with Crippen molar-refractivity contribution in [2.24, 2.45) is 5.92 Å². The Hall–Kier alpha value is -2.26. The quantitative estimate of drug-likeness (QED) is 0.623. The van der Waals surface area contributed by atoms with Crippen molar-refractivity contribution in [3.8, 4) is 0 Å². The van der Waals surface area contributed by atoms with Gasteiger partial charge in [-0.1, -0.05) is 48.0 Å². The summed E-state index contributed by atoms with van der Waals surface area (Å²) in [7, 11) is -3.49. The maximum Gasteiger partial charge on any atom is 0.243 e. The van der Waals surface area contributed by atoms with Gasteiger partial charge in [0, 0.05) is 64.8 Å². The van der Waals surface area contributed by atoms with Crippen LogP contribution >= 0.6 is 0 Å². The van der Waals surface area contributed by atoms with Crippen LogP contribution in [0, 0.1) is 12.8 Å². The Balaban J connectivity index is 1.14. The van der Waals surface area contributed by atoms with Gasteiger partial charge in [-0.3, -0.25) is 14.6 Å². The zero-order valence-electron chi connectivity index (χ0n) is 20.0. The number of piperazine rings is 1. The SMILES string of the molecule is Cc1ccc(S(=O)(=O)N2CCC(C(=O)NCCN3CCN(Cc4ccccc4)CC3)CC2)cc1. The minimum Gasteiger partial charge on any atom is -0.355 e. The average Bonchev–Trinajstić information content (AvgIpc) is 2.86. The highest BCUT2D eigenvalue weighted by atomic mass is 32.2. The van der Waals surface area contributed by atoms with Crippen LogP contribution in [-0.4, -0.2) is 80.8 Å². The maximum atomic E-state index is 12.9. The summed E-state index contributed by atoms with van der Waals surface area (Å²) in [5.74, 6) is -0.0673. The van der Waals surface area contributed by atoms with Crippen molar-refractivity contribution in [1.29, 1.82) is 0 Å². The number of carbonyl (C=O) groups is 1. The molecule has 2 fully saturated rings. The molecule has 2 aromatic rings. The summed E-state index contributed by atoms with van der Waals surface area (Å²) in [6.45, 7) is 9.29. The Morgan fingerprint density at radius 2 is 1.50 bits per heavy atom. The summed E-state index contributed by atoms with van der Waals surface area (Å²) >= 11 is 0. The van der Waals surface area contributed by atoms with Crippen molar-refractivity contribution in [2.45, 2.75) is 31.2 Å². The second-order valence-electron chi connectivity index (χ2n) is 9.39. The molecule has 34 heavy (non-hydrogen) atoms. The number of rotatable bonds is 8. The molecule has 2 aliphatic rings. The Bertz CT molecular complexity index is 1030. The fourth-order valence-corrected chi connectivity index (χ4v) is 6.18. The molecule has 0 saturated carbocycles. The van der Waals surface area contributed by atoms with E-state index in [4.69, 9.17) is 0 Å². The zero-order chi connectivity index (χ0) is 24.0. The molecule has 2 aromatic carbocycles. The van der Waals surface area contributed by atoms with Crippen molar-refractivity contribution in [1.82, 2.24) is 19.4 Å². The van der Waals surface area contributed by atoms with Gasteiger partial charge in [0.05, 0.1) is 4.90 Å². The van der Waals surface area contributed by atoms with Crippen molar-refractivity contribution in [3.63, 3.8) is 0 Å². The summed E-state index contributed by atoms with van der Waals surface area (Å²) in [5, 5.41) is 3.08. The van der Waals surface area contributed by atoms with Crippen LogP contribution in [0.4, 0.5) is 0 Å². The van der Waals surface area contributed by atoms with E-state index in [0.717, 1.165) is 44.8 Å². The topological polar surface area (TPSA) is 73.0 Å². The Labute approximate surface area is 203 Å². The van der Waals surface area contributed by atoms with Crippen LogP contribution in [-0.2, 0) is 21.4 Å². The molecule has 7 nitrogen and oxygen atoms in total.